The van der Waals surface area contributed by atoms with Crippen molar-refractivity contribution in [2.24, 2.45) is 10.7 Å². The Morgan fingerprint density at radius 3 is 1.88 bits per heavy atom. The van der Waals surface area contributed by atoms with Gasteiger partial charge in [0.15, 0.2) is 5.11 Å². The molecule has 3 N–H and O–H groups in total. The number of amidine groups is 1. The summed E-state index contributed by atoms with van der Waals surface area (Å²) in [7, 11) is 0. The van der Waals surface area contributed by atoms with Gasteiger partial charge in [0, 0.05) is 11.3 Å². The van der Waals surface area contributed by atoms with Gasteiger partial charge in [0.05, 0.1) is 0 Å². The number of rotatable bonds is 3. The molecule has 0 spiro atoms. The SMILES string of the molecule is NC(=S)/N=C(\Nc1ccc(-c2ccccc2)cc1)c1ccccc1. The molecule has 0 amide bonds. The second kappa shape index (κ2) is 7.53. The highest BCUT2D eigenvalue weighted by Gasteiger charge is 2.05. The van der Waals surface area contributed by atoms with Crippen molar-refractivity contribution in [3.05, 3.63) is 90.5 Å². The van der Waals surface area contributed by atoms with Crippen LogP contribution < -0.4 is 11.1 Å². The van der Waals surface area contributed by atoms with E-state index in [1.54, 1.807) is 0 Å². The van der Waals surface area contributed by atoms with Gasteiger partial charge < -0.3 is 11.1 Å². The van der Waals surface area contributed by atoms with Crippen LogP contribution in [0.15, 0.2) is 89.9 Å². The number of aliphatic imine (C=N–C) groups is 1. The fourth-order valence-corrected chi connectivity index (χ4v) is 2.48. The van der Waals surface area contributed by atoms with E-state index in [4.69, 9.17) is 18.0 Å². The summed E-state index contributed by atoms with van der Waals surface area (Å²) >= 11 is 4.92. The van der Waals surface area contributed by atoms with Crippen LogP contribution >= 0.6 is 12.2 Å². The maximum Gasteiger partial charge on any atom is 0.192 e. The van der Waals surface area contributed by atoms with E-state index in [0.717, 1.165) is 16.8 Å². The molecule has 0 heterocycles. The van der Waals surface area contributed by atoms with Gasteiger partial charge in [-0.1, -0.05) is 72.8 Å². The fraction of sp³-hybridized carbons (Fsp3) is 0. The molecule has 24 heavy (non-hydrogen) atoms. The first-order valence-electron chi connectivity index (χ1n) is 7.58. The molecule has 3 nitrogen and oxygen atoms in total. The molecule has 0 atom stereocenters. The second-order valence-electron chi connectivity index (χ2n) is 5.23. The standard InChI is InChI=1S/C20H17N3S/c21-20(24)23-19(17-9-5-2-6-10-17)22-18-13-11-16(12-14-18)15-7-3-1-4-8-15/h1-14H,(H3,21,22,23,24). The van der Waals surface area contributed by atoms with Crippen molar-refractivity contribution in [2.45, 2.75) is 0 Å². The molecule has 0 radical (unpaired) electrons. The molecule has 0 aliphatic heterocycles. The van der Waals surface area contributed by atoms with Gasteiger partial charge in [0.2, 0.25) is 0 Å². The summed E-state index contributed by atoms with van der Waals surface area (Å²) < 4.78 is 0. The molecular formula is C20H17N3S. The summed E-state index contributed by atoms with van der Waals surface area (Å²) in [6.45, 7) is 0. The van der Waals surface area contributed by atoms with Crippen molar-refractivity contribution in [3.63, 3.8) is 0 Å². The third kappa shape index (κ3) is 4.06. The maximum atomic E-state index is 5.59. The maximum absolute atomic E-state index is 5.59. The van der Waals surface area contributed by atoms with Crippen LogP contribution in [0.25, 0.3) is 11.1 Å². The van der Waals surface area contributed by atoms with Crippen LogP contribution in [-0.2, 0) is 0 Å². The quantitative estimate of drug-likeness (QED) is 0.423. The van der Waals surface area contributed by atoms with E-state index in [1.807, 2.05) is 60.7 Å². The zero-order chi connectivity index (χ0) is 16.8. The smallest absolute Gasteiger partial charge is 0.192 e. The van der Waals surface area contributed by atoms with Crippen molar-refractivity contribution in [3.8, 4) is 11.1 Å². The molecule has 0 aromatic heterocycles. The summed E-state index contributed by atoms with van der Waals surface area (Å²) in [6, 6.07) is 28.2. The molecule has 118 valence electrons. The predicted molar refractivity (Wildman–Crippen MR) is 105 cm³/mol. The minimum Gasteiger partial charge on any atom is -0.374 e. The number of thiocarbonyl (C=S) groups is 1. The lowest BCUT2D eigenvalue weighted by Crippen LogP contribution is -2.18. The summed E-state index contributed by atoms with van der Waals surface area (Å²) in [5.41, 5.74) is 9.79. The van der Waals surface area contributed by atoms with E-state index in [2.05, 4.69) is 34.6 Å². The lowest BCUT2D eigenvalue weighted by Gasteiger charge is -2.11. The van der Waals surface area contributed by atoms with Gasteiger partial charge in [-0.05, 0) is 35.5 Å². The molecule has 0 saturated carbocycles. The number of nitrogens with two attached hydrogens (primary N) is 1. The molecule has 0 aliphatic rings. The van der Waals surface area contributed by atoms with Crippen LogP contribution in [0.2, 0.25) is 0 Å². The van der Waals surface area contributed by atoms with Crippen LogP contribution in [0, 0.1) is 0 Å². The predicted octanol–water partition coefficient (Wildman–Crippen LogP) is 4.46. The van der Waals surface area contributed by atoms with E-state index in [9.17, 15) is 0 Å². The molecule has 3 rings (SSSR count). The first kappa shape index (κ1) is 15.9. The van der Waals surface area contributed by atoms with Gasteiger partial charge in [0.25, 0.3) is 0 Å². The molecule has 0 bridgehead atoms. The Balaban J connectivity index is 1.84. The number of benzene rings is 3. The first-order chi connectivity index (χ1) is 11.7. The Bertz CT molecular complexity index is 841. The van der Waals surface area contributed by atoms with Gasteiger partial charge in [-0.15, -0.1) is 0 Å². The molecule has 0 unspecified atom stereocenters. The summed E-state index contributed by atoms with van der Waals surface area (Å²) in [4.78, 5) is 4.24. The van der Waals surface area contributed by atoms with Crippen molar-refractivity contribution >= 4 is 28.9 Å². The Morgan fingerprint density at radius 1 is 0.750 bits per heavy atom. The average molecular weight is 331 g/mol. The van der Waals surface area contributed by atoms with Crippen molar-refractivity contribution in [1.82, 2.24) is 0 Å². The molecule has 0 fully saturated rings. The molecule has 3 aromatic carbocycles. The van der Waals surface area contributed by atoms with Crippen LogP contribution in [0.4, 0.5) is 5.69 Å². The van der Waals surface area contributed by atoms with Crippen molar-refractivity contribution < 1.29 is 0 Å². The molecular weight excluding hydrogens is 314 g/mol. The lowest BCUT2D eigenvalue weighted by molar-refractivity contribution is 1.51. The minimum atomic E-state index is 0.0993. The first-order valence-corrected chi connectivity index (χ1v) is 7.99. The minimum absolute atomic E-state index is 0.0993. The topological polar surface area (TPSA) is 50.4 Å². The Kier molecular flexibility index (Phi) is 4.99. The van der Waals surface area contributed by atoms with Crippen LogP contribution in [-0.4, -0.2) is 10.9 Å². The Morgan fingerprint density at radius 2 is 1.29 bits per heavy atom. The van der Waals surface area contributed by atoms with Gasteiger partial charge in [-0.3, -0.25) is 0 Å². The number of nitrogens with one attached hydrogen (secondary N) is 1. The third-order valence-corrected chi connectivity index (χ3v) is 3.62. The van der Waals surface area contributed by atoms with Gasteiger partial charge in [0.1, 0.15) is 5.84 Å². The number of hydrogen-bond donors (Lipinski definition) is 2. The van der Waals surface area contributed by atoms with Gasteiger partial charge in [-0.25, -0.2) is 4.99 Å². The Hall–Kier alpha value is -2.98. The van der Waals surface area contributed by atoms with Crippen molar-refractivity contribution in [2.75, 3.05) is 5.32 Å². The van der Waals surface area contributed by atoms with Crippen LogP contribution in [0.3, 0.4) is 0 Å². The zero-order valence-electron chi connectivity index (χ0n) is 13.0. The van der Waals surface area contributed by atoms with E-state index in [0.29, 0.717) is 5.84 Å². The zero-order valence-corrected chi connectivity index (χ0v) is 13.8. The van der Waals surface area contributed by atoms with E-state index >= 15 is 0 Å². The van der Waals surface area contributed by atoms with Gasteiger partial charge >= 0.3 is 0 Å². The normalized spacial score (nSPS) is 11.1. The average Bonchev–Trinajstić information content (AvgIpc) is 2.63. The summed E-state index contributed by atoms with van der Waals surface area (Å²) in [6.07, 6.45) is 0. The molecule has 0 saturated heterocycles. The fourth-order valence-electron chi connectivity index (χ4n) is 2.38. The van der Waals surface area contributed by atoms with E-state index in [-0.39, 0.29) is 5.11 Å². The highest BCUT2D eigenvalue weighted by atomic mass is 32.1. The Labute approximate surface area is 146 Å². The summed E-state index contributed by atoms with van der Waals surface area (Å²) in [5, 5.41) is 3.39. The van der Waals surface area contributed by atoms with Crippen LogP contribution in [0.5, 0.6) is 0 Å². The largest absolute Gasteiger partial charge is 0.374 e. The third-order valence-electron chi connectivity index (χ3n) is 3.52. The lowest BCUT2D eigenvalue weighted by atomic mass is 10.1. The molecule has 0 aliphatic carbocycles. The van der Waals surface area contributed by atoms with E-state index < -0.39 is 0 Å². The van der Waals surface area contributed by atoms with Gasteiger partial charge in [-0.2, -0.15) is 0 Å². The summed E-state index contributed by atoms with van der Waals surface area (Å²) in [5.74, 6) is 0.635. The number of anilines is 1. The number of nitrogens with zero attached hydrogens (tertiary/aromatic N) is 1. The molecule has 4 heteroatoms. The highest BCUT2D eigenvalue weighted by Crippen LogP contribution is 2.21. The van der Waals surface area contributed by atoms with E-state index in [1.165, 1.54) is 5.56 Å². The monoisotopic (exact) mass is 331 g/mol. The second-order valence-corrected chi connectivity index (χ2v) is 5.65. The molecule has 3 aromatic rings. The van der Waals surface area contributed by atoms with Crippen LogP contribution in [0.1, 0.15) is 5.56 Å². The number of hydrogen-bond acceptors (Lipinski definition) is 1. The van der Waals surface area contributed by atoms with Crippen molar-refractivity contribution in [1.29, 1.82) is 0 Å². The highest BCUT2D eigenvalue weighted by molar-refractivity contribution is 7.80.